The van der Waals surface area contributed by atoms with Crippen LogP contribution in [0.3, 0.4) is 0 Å². The largest absolute Gasteiger partial charge is 0.390 e. The van der Waals surface area contributed by atoms with Crippen LogP contribution in [0.15, 0.2) is 24.3 Å². The molecule has 0 radical (unpaired) electrons. The van der Waals surface area contributed by atoms with Gasteiger partial charge >= 0.3 is 0 Å². The van der Waals surface area contributed by atoms with Crippen LogP contribution in [0.5, 0.6) is 0 Å². The Hall–Kier alpha value is -1.39. The summed E-state index contributed by atoms with van der Waals surface area (Å²) >= 11 is 0. The first kappa shape index (κ1) is 18.9. The van der Waals surface area contributed by atoms with E-state index in [4.69, 9.17) is 0 Å². The van der Waals surface area contributed by atoms with Gasteiger partial charge in [-0.1, -0.05) is 24.3 Å². The Balaban J connectivity index is 1.75. The molecule has 0 unspecified atom stereocenters. The molecule has 1 saturated heterocycles. The Labute approximate surface area is 146 Å². The standard InChI is InChI=1S/C20H32N2O2/c1-20(2,24)11-8-16-4-6-18(7-5-16)15-22-12-9-17(10-13-22)14-19(23)21-3/h4-7,17,24H,8-15H2,1-3H3,(H,21,23). The van der Waals surface area contributed by atoms with Gasteiger partial charge in [0, 0.05) is 20.0 Å². The van der Waals surface area contributed by atoms with E-state index in [2.05, 4.69) is 34.5 Å². The first-order chi connectivity index (χ1) is 11.4. The van der Waals surface area contributed by atoms with Gasteiger partial charge < -0.3 is 10.4 Å². The van der Waals surface area contributed by atoms with E-state index in [1.807, 2.05) is 13.8 Å². The van der Waals surface area contributed by atoms with Gasteiger partial charge in [-0.05, 0) is 69.7 Å². The number of hydrogen-bond donors (Lipinski definition) is 2. The highest BCUT2D eigenvalue weighted by Gasteiger charge is 2.21. The lowest BCUT2D eigenvalue weighted by atomic mass is 9.93. The van der Waals surface area contributed by atoms with Crippen LogP contribution in [0.4, 0.5) is 0 Å². The molecule has 4 heteroatoms. The van der Waals surface area contributed by atoms with Crippen molar-refractivity contribution < 1.29 is 9.90 Å². The number of nitrogens with one attached hydrogen (secondary N) is 1. The lowest BCUT2D eigenvalue weighted by Gasteiger charge is -2.31. The second kappa shape index (κ2) is 8.63. The van der Waals surface area contributed by atoms with Crippen molar-refractivity contribution in [1.82, 2.24) is 10.2 Å². The molecule has 1 fully saturated rings. The Morgan fingerprint density at radius 2 is 1.79 bits per heavy atom. The quantitative estimate of drug-likeness (QED) is 0.807. The molecule has 0 aliphatic carbocycles. The third-order valence-corrected chi connectivity index (χ3v) is 4.91. The molecule has 0 aromatic heterocycles. The summed E-state index contributed by atoms with van der Waals surface area (Å²) in [6.45, 7) is 6.84. The van der Waals surface area contributed by atoms with Gasteiger partial charge in [-0.25, -0.2) is 0 Å². The van der Waals surface area contributed by atoms with Crippen LogP contribution in [0.2, 0.25) is 0 Å². The lowest BCUT2D eigenvalue weighted by molar-refractivity contribution is -0.121. The average molecular weight is 332 g/mol. The number of carbonyl (C=O) groups excluding carboxylic acids is 1. The summed E-state index contributed by atoms with van der Waals surface area (Å²) in [5.74, 6) is 0.695. The van der Waals surface area contributed by atoms with Crippen LogP contribution < -0.4 is 5.32 Å². The highest BCUT2D eigenvalue weighted by Crippen LogP contribution is 2.22. The van der Waals surface area contributed by atoms with E-state index in [1.54, 1.807) is 7.05 Å². The fraction of sp³-hybridized carbons (Fsp3) is 0.650. The number of carbonyl (C=O) groups is 1. The number of aliphatic hydroxyl groups is 1. The van der Waals surface area contributed by atoms with E-state index in [0.717, 1.165) is 45.3 Å². The van der Waals surface area contributed by atoms with Crippen molar-refractivity contribution in [2.24, 2.45) is 5.92 Å². The van der Waals surface area contributed by atoms with Crippen molar-refractivity contribution in [1.29, 1.82) is 0 Å². The molecule has 0 saturated carbocycles. The molecule has 1 heterocycles. The van der Waals surface area contributed by atoms with Gasteiger partial charge in [0.05, 0.1) is 5.60 Å². The zero-order valence-electron chi connectivity index (χ0n) is 15.3. The number of rotatable bonds is 7. The summed E-state index contributed by atoms with van der Waals surface area (Å²) in [5, 5.41) is 12.5. The summed E-state index contributed by atoms with van der Waals surface area (Å²) < 4.78 is 0. The fourth-order valence-electron chi connectivity index (χ4n) is 3.23. The summed E-state index contributed by atoms with van der Waals surface area (Å²) in [4.78, 5) is 13.9. The first-order valence-corrected chi connectivity index (χ1v) is 9.09. The van der Waals surface area contributed by atoms with Gasteiger partial charge in [-0.2, -0.15) is 0 Å². The molecule has 1 aliphatic rings. The van der Waals surface area contributed by atoms with Crippen molar-refractivity contribution in [2.45, 2.75) is 58.1 Å². The minimum absolute atomic E-state index is 0.162. The van der Waals surface area contributed by atoms with Crippen LogP contribution in [0, 0.1) is 5.92 Å². The summed E-state index contributed by atoms with van der Waals surface area (Å²) in [5.41, 5.74) is 2.02. The highest BCUT2D eigenvalue weighted by atomic mass is 16.3. The van der Waals surface area contributed by atoms with Gasteiger partial charge in [0.1, 0.15) is 0 Å². The highest BCUT2D eigenvalue weighted by molar-refractivity contribution is 5.75. The molecule has 1 aromatic rings. The van der Waals surface area contributed by atoms with Crippen LogP contribution in [0.25, 0.3) is 0 Å². The molecule has 1 aliphatic heterocycles. The van der Waals surface area contributed by atoms with Crippen molar-refractivity contribution >= 4 is 5.91 Å². The predicted molar refractivity (Wildman–Crippen MR) is 97.7 cm³/mol. The maximum Gasteiger partial charge on any atom is 0.220 e. The van der Waals surface area contributed by atoms with Gasteiger partial charge in [-0.15, -0.1) is 0 Å². The van der Waals surface area contributed by atoms with Crippen LogP contribution in [-0.2, 0) is 17.8 Å². The maximum absolute atomic E-state index is 11.5. The Morgan fingerprint density at radius 1 is 1.21 bits per heavy atom. The van der Waals surface area contributed by atoms with E-state index in [1.165, 1.54) is 11.1 Å². The van der Waals surface area contributed by atoms with Crippen molar-refractivity contribution in [3.05, 3.63) is 35.4 Å². The van der Waals surface area contributed by atoms with E-state index >= 15 is 0 Å². The Morgan fingerprint density at radius 3 is 2.33 bits per heavy atom. The number of aryl methyl sites for hydroxylation is 1. The third kappa shape index (κ3) is 6.62. The molecule has 0 atom stereocenters. The van der Waals surface area contributed by atoms with E-state index in [-0.39, 0.29) is 5.91 Å². The molecule has 0 spiro atoms. The van der Waals surface area contributed by atoms with Crippen molar-refractivity contribution in [2.75, 3.05) is 20.1 Å². The maximum atomic E-state index is 11.5. The zero-order chi connectivity index (χ0) is 17.6. The van der Waals surface area contributed by atoms with E-state index in [9.17, 15) is 9.90 Å². The van der Waals surface area contributed by atoms with Crippen molar-refractivity contribution in [3.63, 3.8) is 0 Å². The lowest BCUT2D eigenvalue weighted by Crippen LogP contribution is -2.35. The third-order valence-electron chi connectivity index (χ3n) is 4.91. The second-order valence-corrected chi connectivity index (χ2v) is 7.73. The average Bonchev–Trinajstić information content (AvgIpc) is 2.55. The van der Waals surface area contributed by atoms with Gasteiger partial charge in [0.15, 0.2) is 0 Å². The Kier molecular flexibility index (Phi) is 6.81. The molecular weight excluding hydrogens is 300 g/mol. The summed E-state index contributed by atoms with van der Waals surface area (Å²) in [6, 6.07) is 8.77. The smallest absolute Gasteiger partial charge is 0.220 e. The minimum atomic E-state index is -0.600. The number of piperidine rings is 1. The Bertz CT molecular complexity index is 511. The number of hydrogen-bond acceptors (Lipinski definition) is 3. The molecule has 24 heavy (non-hydrogen) atoms. The predicted octanol–water partition coefficient (Wildman–Crippen LogP) is 2.74. The molecular formula is C20H32N2O2. The molecule has 4 nitrogen and oxygen atoms in total. The molecule has 1 amide bonds. The molecule has 1 aromatic carbocycles. The molecule has 134 valence electrons. The first-order valence-electron chi connectivity index (χ1n) is 9.09. The number of benzene rings is 1. The van der Waals surface area contributed by atoms with E-state index < -0.39 is 5.60 Å². The van der Waals surface area contributed by atoms with Crippen LogP contribution >= 0.6 is 0 Å². The molecule has 0 bridgehead atoms. The number of likely N-dealkylation sites (tertiary alicyclic amines) is 1. The minimum Gasteiger partial charge on any atom is -0.390 e. The van der Waals surface area contributed by atoms with Crippen LogP contribution in [0.1, 0.15) is 50.7 Å². The van der Waals surface area contributed by atoms with Gasteiger partial charge in [-0.3, -0.25) is 9.69 Å². The van der Waals surface area contributed by atoms with Gasteiger partial charge in [0.25, 0.3) is 0 Å². The van der Waals surface area contributed by atoms with Gasteiger partial charge in [0.2, 0.25) is 5.91 Å². The summed E-state index contributed by atoms with van der Waals surface area (Å²) in [6.07, 6.45) is 4.58. The fourth-order valence-corrected chi connectivity index (χ4v) is 3.23. The molecule has 2 N–H and O–H groups in total. The second-order valence-electron chi connectivity index (χ2n) is 7.73. The van der Waals surface area contributed by atoms with Crippen LogP contribution in [-0.4, -0.2) is 41.7 Å². The van der Waals surface area contributed by atoms with E-state index in [0.29, 0.717) is 12.3 Å². The normalized spacial score (nSPS) is 17.0. The number of nitrogens with zero attached hydrogens (tertiary/aromatic N) is 1. The topological polar surface area (TPSA) is 52.6 Å². The molecule has 2 rings (SSSR count). The SMILES string of the molecule is CNC(=O)CC1CCN(Cc2ccc(CCC(C)(C)O)cc2)CC1. The van der Waals surface area contributed by atoms with Crippen molar-refractivity contribution in [3.8, 4) is 0 Å². The summed E-state index contributed by atoms with van der Waals surface area (Å²) in [7, 11) is 1.71. The number of amides is 1. The zero-order valence-corrected chi connectivity index (χ0v) is 15.3. The monoisotopic (exact) mass is 332 g/mol.